The van der Waals surface area contributed by atoms with Crippen molar-refractivity contribution in [2.24, 2.45) is 0 Å². The number of nitrogen functional groups attached to an aromatic ring is 1. The Hall–Kier alpha value is -1.33. The van der Waals surface area contributed by atoms with Crippen LogP contribution < -0.4 is 11.1 Å². The van der Waals surface area contributed by atoms with Gasteiger partial charge >= 0.3 is 0 Å². The van der Waals surface area contributed by atoms with Gasteiger partial charge in [0.2, 0.25) is 0 Å². The SMILES string of the molecule is CC(Cc1cccs1)NC(=O)c1ccc(N)c(Br)c1. The molecule has 1 aromatic heterocycles. The van der Waals surface area contributed by atoms with Gasteiger partial charge in [-0.1, -0.05) is 6.07 Å². The smallest absolute Gasteiger partial charge is 0.251 e. The number of hydrogen-bond acceptors (Lipinski definition) is 3. The van der Waals surface area contributed by atoms with Crippen molar-refractivity contribution in [2.45, 2.75) is 19.4 Å². The van der Waals surface area contributed by atoms with E-state index in [0.29, 0.717) is 11.3 Å². The Morgan fingerprint density at radius 3 is 2.89 bits per heavy atom. The number of benzene rings is 1. The molecule has 0 spiro atoms. The van der Waals surface area contributed by atoms with Gasteiger partial charge in [-0.15, -0.1) is 11.3 Å². The standard InChI is InChI=1S/C14H15BrN2OS/c1-9(7-11-3-2-6-19-11)17-14(18)10-4-5-13(16)12(15)8-10/h2-6,8-9H,7,16H2,1H3,(H,17,18). The van der Waals surface area contributed by atoms with Gasteiger partial charge in [0.15, 0.2) is 0 Å². The van der Waals surface area contributed by atoms with Gasteiger partial charge in [-0.25, -0.2) is 0 Å². The minimum absolute atomic E-state index is 0.0789. The highest BCUT2D eigenvalue weighted by atomic mass is 79.9. The minimum atomic E-state index is -0.0789. The molecule has 0 aliphatic carbocycles. The van der Waals surface area contributed by atoms with E-state index in [2.05, 4.69) is 27.3 Å². The quantitative estimate of drug-likeness (QED) is 0.839. The molecule has 0 bridgehead atoms. The molecule has 1 amide bonds. The summed E-state index contributed by atoms with van der Waals surface area (Å²) in [6.45, 7) is 2.00. The largest absolute Gasteiger partial charge is 0.398 e. The van der Waals surface area contributed by atoms with Crippen molar-refractivity contribution in [3.8, 4) is 0 Å². The lowest BCUT2D eigenvalue weighted by Gasteiger charge is -2.13. The van der Waals surface area contributed by atoms with Crippen LogP contribution in [0.1, 0.15) is 22.2 Å². The number of hydrogen-bond donors (Lipinski definition) is 2. The van der Waals surface area contributed by atoms with Gasteiger partial charge in [-0.2, -0.15) is 0 Å². The van der Waals surface area contributed by atoms with Gasteiger partial charge < -0.3 is 11.1 Å². The Morgan fingerprint density at radius 1 is 1.47 bits per heavy atom. The van der Waals surface area contributed by atoms with Crippen LogP contribution in [0.25, 0.3) is 0 Å². The molecular weight excluding hydrogens is 324 g/mol. The molecule has 3 N–H and O–H groups in total. The third-order valence-electron chi connectivity index (χ3n) is 2.73. The molecule has 0 radical (unpaired) electrons. The molecule has 3 nitrogen and oxygen atoms in total. The van der Waals surface area contributed by atoms with Crippen molar-refractivity contribution >= 4 is 38.9 Å². The predicted molar refractivity (Wildman–Crippen MR) is 83.5 cm³/mol. The van der Waals surface area contributed by atoms with Crippen LogP contribution in [0.15, 0.2) is 40.2 Å². The van der Waals surface area contributed by atoms with Crippen molar-refractivity contribution in [3.05, 3.63) is 50.6 Å². The van der Waals surface area contributed by atoms with Crippen LogP contribution in [0.4, 0.5) is 5.69 Å². The molecule has 0 aliphatic heterocycles. The maximum Gasteiger partial charge on any atom is 0.251 e. The van der Waals surface area contributed by atoms with E-state index in [4.69, 9.17) is 5.73 Å². The van der Waals surface area contributed by atoms with Gasteiger partial charge in [0, 0.05) is 33.1 Å². The Bertz CT molecular complexity index is 569. The van der Waals surface area contributed by atoms with Crippen LogP contribution in [0, 0.1) is 0 Å². The lowest BCUT2D eigenvalue weighted by molar-refractivity contribution is 0.0940. The maximum atomic E-state index is 12.1. The van der Waals surface area contributed by atoms with Gasteiger partial charge in [0.05, 0.1) is 0 Å². The molecule has 0 aliphatic rings. The summed E-state index contributed by atoms with van der Waals surface area (Å²) in [6.07, 6.45) is 0.847. The summed E-state index contributed by atoms with van der Waals surface area (Å²) in [5.74, 6) is -0.0789. The van der Waals surface area contributed by atoms with Crippen molar-refractivity contribution in [1.82, 2.24) is 5.32 Å². The highest BCUT2D eigenvalue weighted by molar-refractivity contribution is 9.10. The van der Waals surface area contributed by atoms with Gasteiger partial charge in [0.1, 0.15) is 0 Å². The van der Waals surface area contributed by atoms with Crippen molar-refractivity contribution in [3.63, 3.8) is 0 Å². The van der Waals surface area contributed by atoms with Gasteiger partial charge in [0.25, 0.3) is 5.91 Å². The average Bonchev–Trinajstić information content (AvgIpc) is 2.85. The Morgan fingerprint density at radius 2 is 2.26 bits per heavy atom. The van der Waals surface area contributed by atoms with Crippen molar-refractivity contribution in [2.75, 3.05) is 5.73 Å². The summed E-state index contributed by atoms with van der Waals surface area (Å²) in [5.41, 5.74) is 6.94. The first-order valence-corrected chi connectivity index (χ1v) is 7.62. The zero-order valence-electron chi connectivity index (χ0n) is 10.5. The highest BCUT2D eigenvalue weighted by Gasteiger charge is 2.11. The molecule has 100 valence electrons. The maximum absolute atomic E-state index is 12.1. The molecule has 5 heteroatoms. The number of rotatable bonds is 4. The van der Waals surface area contributed by atoms with E-state index in [9.17, 15) is 4.79 Å². The molecule has 0 saturated heterocycles. The molecule has 19 heavy (non-hydrogen) atoms. The summed E-state index contributed by atoms with van der Waals surface area (Å²) >= 11 is 5.03. The monoisotopic (exact) mass is 338 g/mol. The molecule has 1 atom stereocenters. The van der Waals surface area contributed by atoms with Crippen molar-refractivity contribution in [1.29, 1.82) is 0 Å². The lowest BCUT2D eigenvalue weighted by Crippen LogP contribution is -2.33. The van der Waals surface area contributed by atoms with Gasteiger partial charge in [-0.3, -0.25) is 4.79 Å². The van der Waals surface area contributed by atoms with Crippen LogP contribution in [-0.4, -0.2) is 11.9 Å². The van der Waals surface area contributed by atoms with E-state index >= 15 is 0 Å². The Labute approximate surface area is 125 Å². The van der Waals surface area contributed by atoms with Crippen LogP contribution in [-0.2, 0) is 6.42 Å². The second-order valence-electron chi connectivity index (χ2n) is 4.39. The molecule has 1 unspecified atom stereocenters. The molecule has 0 fully saturated rings. The molecule has 1 heterocycles. The average molecular weight is 339 g/mol. The zero-order valence-corrected chi connectivity index (χ0v) is 12.9. The van der Waals surface area contributed by atoms with E-state index in [0.717, 1.165) is 10.9 Å². The number of carbonyl (C=O) groups excluding carboxylic acids is 1. The van der Waals surface area contributed by atoms with E-state index in [1.165, 1.54) is 4.88 Å². The summed E-state index contributed by atoms with van der Waals surface area (Å²) in [4.78, 5) is 13.3. The Kier molecular flexibility index (Phi) is 4.61. The van der Waals surface area contributed by atoms with Crippen LogP contribution in [0.2, 0.25) is 0 Å². The number of halogens is 1. The molecule has 2 aromatic rings. The summed E-state index contributed by atoms with van der Waals surface area (Å²) < 4.78 is 0.742. The number of thiophene rings is 1. The van der Waals surface area contributed by atoms with E-state index in [1.807, 2.05) is 18.4 Å². The van der Waals surface area contributed by atoms with Crippen molar-refractivity contribution < 1.29 is 4.79 Å². The number of carbonyl (C=O) groups is 1. The number of nitrogens with two attached hydrogens (primary N) is 1. The van der Waals surface area contributed by atoms with E-state index < -0.39 is 0 Å². The van der Waals surface area contributed by atoms with E-state index in [1.54, 1.807) is 29.5 Å². The minimum Gasteiger partial charge on any atom is -0.398 e. The first-order valence-electron chi connectivity index (χ1n) is 5.94. The first kappa shape index (κ1) is 14.1. The van der Waals surface area contributed by atoms with Gasteiger partial charge in [-0.05, 0) is 52.5 Å². The fraction of sp³-hybridized carbons (Fsp3) is 0.214. The van der Waals surface area contributed by atoms with Crippen LogP contribution in [0.3, 0.4) is 0 Å². The number of nitrogens with one attached hydrogen (secondary N) is 1. The topological polar surface area (TPSA) is 55.1 Å². The predicted octanol–water partition coefficient (Wildman–Crippen LogP) is 3.45. The van der Waals surface area contributed by atoms with Crippen LogP contribution >= 0.6 is 27.3 Å². The van der Waals surface area contributed by atoms with E-state index in [-0.39, 0.29) is 11.9 Å². The molecular formula is C14H15BrN2OS. The summed E-state index contributed by atoms with van der Waals surface area (Å²) in [6, 6.07) is 9.39. The molecule has 1 aromatic carbocycles. The lowest BCUT2D eigenvalue weighted by atomic mass is 10.1. The normalized spacial score (nSPS) is 12.1. The number of amides is 1. The second kappa shape index (κ2) is 6.21. The summed E-state index contributed by atoms with van der Waals surface area (Å²) in [7, 11) is 0. The zero-order chi connectivity index (χ0) is 13.8. The first-order chi connectivity index (χ1) is 9.06. The third-order valence-corrected chi connectivity index (χ3v) is 4.31. The fourth-order valence-corrected chi connectivity index (χ4v) is 2.97. The molecule has 2 rings (SSSR count). The fourth-order valence-electron chi connectivity index (χ4n) is 1.76. The Balaban J connectivity index is 1.98. The third kappa shape index (κ3) is 3.81. The number of anilines is 1. The molecule has 0 saturated carbocycles. The highest BCUT2D eigenvalue weighted by Crippen LogP contribution is 2.20. The summed E-state index contributed by atoms with van der Waals surface area (Å²) in [5, 5.41) is 5.03. The second-order valence-corrected chi connectivity index (χ2v) is 6.28. The van der Waals surface area contributed by atoms with Crippen LogP contribution in [0.5, 0.6) is 0 Å².